The van der Waals surface area contributed by atoms with E-state index in [4.69, 9.17) is 21.5 Å². The van der Waals surface area contributed by atoms with Crippen LogP contribution in [-0.2, 0) is 5.72 Å². The molecule has 4 rings (SSSR count). The smallest absolute Gasteiger partial charge is 0.274 e. The Morgan fingerprint density at radius 1 is 1.19 bits per heavy atom. The zero-order valence-corrected chi connectivity index (χ0v) is 16.4. The molecule has 0 aliphatic carbocycles. The summed E-state index contributed by atoms with van der Waals surface area (Å²) in [5.41, 5.74) is 12.3. The molecular weight excluding hydrogens is 399 g/mol. The fourth-order valence-electron chi connectivity index (χ4n) is 3.23. The minimum Gasteiger partial charge on any atom is -0.461 e. The Kier molecular flexibility index (Phi) is 4.75. The highest BCUT2D eigenvalue weighted by molar-refractivity contribution is 6.03. The molecule has 1 amide bonds. The Morgan fingerprint density at radius 3 is 2.71 bits per heavy atom. The quantitative estimate of drug-likeness (QED) is 0.561. The second kappa shape index (κ2) is 7.42. The van der Waals surface area contributed by atoms with Gasteiger partial charge in [0.1, 0.15) is 29.2 Å². The molecule has 31 heavy (non-hydrogen) atoms. The van der Waals surface area contributed by atoms with Crippen molar-refractivity contribution in [2.24, 2.45) is 10.7 Å². The fraction of sp³-hybridized carbons (Fsp3) is 0.0909. The fourth-order valence-corrected chi connectivity index (χ4v) is 3.23. The standard InChI is InChI=1S/C22H17FN6O2/c1-22(29-20(26)15-5-3-13(25)8-19(15)31-22)16-9-14(4-6-17(16)23)28-21(30)18-7-2-12(10-24)11-27-18/h2-9,11H,25H2,1H3,(H2,26,29)(H,28,30). The van der Waals surface area contributed by atoms with E-state index in [0.717, 1.165) is 0 Å². The van der Waals surface area contributed by atoms with Gasteiger partial charge in [-0.25, -0.2) is 14.4 Å². The zero-order valence-electron chi connectivity index (χ0n) is 16.4. The lowest BCUT2D eigenvalue weighted by atomic mass is 10.0. The second-order valence-corrected chi connectivity index (χ2v) is 7.03. The number of hydrogen-bond donors (Lipinski definition) is 3. The summed E-state index contributed by atoms with van der Waals surface area (Å²) < 4.78 is 20.7. The van der Waals surface area contributed by atoms with E-state index in [2.05, 4.69) is 15.3 Å². The lowest BCUT2D eigenvalue weighted by Gasteiger charge is -2.33. The third-order valence-corrected chi connectivity index (χ3v) is 4.77. The van der Waals surface area contributed by atoms with Crippen molar-refractivity contribution in [3.05, 3.63) is 82.9 Å². The van der Waals surface area contributed by atoms with E-state index >= 15 is 0 Å². The summed E-state index contributed by atoms with van der Waals surface area (Å²) in [5, 5.41) is 11.5. The predicted molar refractivity (Wildman–Crippen MR) is 113 cm³/mol. The molecule has 5 N–H and O–H groups in total. The van der Waals surface area contributed by atoms with Crippen LogP contribution in [0.15, 0.2) is 59.7 Å². The van der Waals surface area contributed by atoms with Crippen molar-refractivity contribution < 1.29 is 13.9 Å². The Balaban J connectivity index is 1.66. The third kappa shape index (κ3) is 3.74. The molecule has 1 aliphatic heterocycles. The number of carbonyl (C=O) groups excluding carboxylic acids is 1. The second-order valence-electron chi connectivity index (χ2n) is 7.03. The van der Waals surface area contributed by atoms with Gasteiger partial charge in [0.2, 0.25) is 5.72 Å². The minimum absolute atomic E-state index is 0.0779. The van der Waals surface area contributed by atoms with Crippen molar-refractivity contribution in [2.75, 3.05) is 11.1 Å². The Morgan fingerprint density at radius 2 is 2.00 bits per heavy atom. The first-order chi connectivity index (χ1) is 14.8. The number of amidine groups is 1. The molecule has 8 nitrogen and oxygen atoms in total. The van der Waals surface area contributed by atoms with E-state index in [1.807, 2.05) is 6.07 Å². The molecule has 154 valence electrons. The van der Waals surface area contributed by atoms with Crippen molar-refractivity contribution in [2.45, 2.75) is 12.6 Å². The molecule has 0 spiro atoms. The summed E-state index contributed by atoms with van der Waals surface area (Å²) in [6, 6.07) is 13.8. The van der Waals surface area contributed by atoms with Gasteiger partial charge in [-0.3, -0.25) is 4.79 Å². The third-order valence-electron chi connectivity index (χ3n) is 4.77. The molecule has 9 heteroatoms. The SMILES string of the molecule is CC1(c2cc(NC(=O)c3ccc(C#N)cn3)ccc2F)N=C(N)c2ccc(N)cc2O1. The number of carbonyl (C=O) groups is 1. The molecule has 0 saturated heterocycles. The van der Waals surface area contributed by atoms with E-state index in [0.29, 0.717) is 28.3 Å². The Bertz CT molecular complexity index is 1270. The number of nitrogens with one attached hydrogen (secondary N) is 1. The van der Waals surface area contributed by atoms with Crippen LogP contribution in [0.5, 0.6) is 5.75 Å². The van der Waals surface area contributed by atoms with Crippen LogP contribution in [0, 0.1) is 17.1 Å². The highest BCUT2D eigenvalue weighted by Crippen LogP contribution is 2.38. The van der Waals surface area contributed by atoms with Gasteiger partial charge in [-0.1, -0.05) is 0 Å². The number of ether oxygens (including phenoxy) is 1. The Hall–Kier alpha value is -4.45. The van der Waals surface area contributed by atoms with Crippen molar-refractivity contribution in [1.29, 1.82) is 5.26 Å². The molecule has 1 atom stereocenters. The van der Waals surface area contributed by atoms with Gasteiger partial charge in [0.25, 0.3) is 5.91 Å². The van der Waals surface area contributed by atoms with Gasteiger partial charge in [-0.2, -0.15) is 5.26 Å². The number of halogens is 1. The summed E-state index contributed by atoms with van der Waals surface area (Å²) in [4.78, 5) is 20.8. The van der Waals surface area contributed by atoms with Crippen LogP contribution >= 0.6 is 0 Å². The van der Waals surface area contributed by atoms with Crippen LogP contribution in [-0.4, -0.2) is 16.7 Å². The highest BCUT2D eigenvalue weighted by atomic mass is 19.1. The van der Waals surface area contributed by atoms with Crippen molar-refractivity contribution in [1.82, 2.24) is 4.98 Å². The number of nitrogen functional groups attached to an aromatic ring is 1. The first-order valence-electron chi connectivity index (χ1n) is 9.21. The van der Waals surface area contributed by atoms with Gasteiger partial charge in [0.05, 0.1) is 16.7 Å². The van der Waals surface area contributed by atoms with Gasteiger partial charge in [-0.05, 0) is 42.5 Å². The largest absolute Gasteiger partial charge is 0.461 e. The maximum Gasteiger partial charge on any atom is 0.274 e. The Labute approximate surface area is 177 Å². The topological polar surface area (TPSA) is 139 Å². The van der Waals surface area contributed by atoms with Crippen LogP contribution in [0.2, 0.25) is 0 Å². The molecule has 0 saturated carbocycles. The number of pyridine rings is 1. The number of aliphatic imine (C=N–C) groups is 1. The van der Waals surface area contributed by atoms with Crippen molar-refractivity contribution in [3.8, 4) is 11.8 Å². The predicted octanol–water partition coefficient (Wildman–Crippen LogP) is 2.90. The van der Waals surface area contributed by atoms with Gasteiger partial charge in [0, 0.05) is 30.6 Å². The molecule has 1 aromatic heterocycles. The van der Waals surface area contributed by atoms with E-state index < -0.39 is 17.4 Å². The maximum atomic E-state index is 14.8. The molecule has 0 radical (unpaired) electrons. The minimum atomic E-state index is -1.47. The van der Waals surface area contributed by atoms with Gasteiger partial charge >= 0.3 is 0 Å². The van der Waals surface area contributed by atoms with Crippen LogP contribution in [0.25, 0.3) is 0 Å². The van der Waals surface area contributed by atoms with E-state index in [-0.39, 0.29) is 17.1 Å². The van der Waals surface area contributed by atoms with Crippen molar-refractivity contribution in [3.63, 3.8) is 0 Å². The van der Waals surface area contributed by atoms with E-state index in [1.54, 1.807) is 25.1 Å². The number of fused-ring (bicyclic) bond motifs is 1. The highest BCUT2D eigenvalue weighted by Gasteiger charge is 2.36. The molecular formula is C22H17FN6O2. The molecule has 0 fully saturated rings. The number of benzene rings is 2. The summed E-state index contributed by atoms with van der Waals surface area (Å²) >= 11 is 0. The lowest BCUT2D eigenvalue weighted by molar-refractivity contribution is 0.0885. The number of nitrogens with zero attached hydrogens (tertiary/aromatic N) is 3. The average Bonchev–Trinajstić information content (AvgIpc) is 2.74. The van der Waals surface area contributed by atoms with Crippen LogP contribution in [0.4, 0.5) is 15.8 Å². The number of hydrogen-bond acceptors (Lipinski definition) is 7. The number of nitriles is 1. The van der Waals surface area contributed by atoms with E-state index in [9.17, 15) is 9.18 Å². The van der Waals surface area contributed by atoms with Crippen LogP contribution in [0.3, 0.4) is 0 Å². The van der Waals surface area contributed by atoms with Crippen LogP contribution in [0.1, 0.15) is 34.1 Å². The number of aromatic nitrogens is 1. The molecule has 3 aromatic rings. The summed E-state index contributed by atoms with van der Waals surface area (Å²) in [5.74, 6) is -0.538. The molecule has 0 bridgehead atoms. The molecule has 2 heterocycles. The summed E-state index contributed by atoms with van der Waals surface area (Å²) in [6.07, 6.45) is 1.29. The van der Waals surface area contributed by atoms with Gasteiger partial charge < -0.3 is 21.5 Å². The number of rotatable bonds is 3. The first-order valence-corrected chi connectivity index (χ1v) is 9.21. The first kappa shape index (κ1) is 19.8. The molecule has 1 aliphatic rings. The number of nitrogens with two attached hydrogens (primary N) is 2. The van der Waals surface area contributed by atoms with Gasteiger partial charge in [-0.15, -0.1) is 0 Å². The molecule has 2 aromatic carbocycles. The normalized spacial score (nSPS) is 17.0. The average molecular weight is 416 g/mol. The maximum absolute atomic E-state index is 14.8. The summed E-state index contributed by atoms with van der Waals surface area (Å²) in [6.45, 7) is 1.57. The van der Waals surface area contributed by atoms with Crippen LogP contribution < -0.4 is 21.5 Å². The number of anilines is 2. The van der Waals surface area contributed by atoms with Gasteiger partial charge in [0.15, 0.2) is 0 Å². The summed E-state index contributed by atoms with van der Waals surface area (Å²) in [7, 11) is 0. The van der Waals surface area contributed by atoms with Crippen molar-refractivity contribution >= 4 is 23.1 Å². The number of amides is 1. The zero-order chi connectivity index (χ0) is 22.2. The lowest BCUT2D eigenvalue weighted by Crippen LogP contribution is -2.36. The monoisotopic (exact) mass is 416 g/mol. The molecule has 1 unspecified atom stereocenters. The van der Waals surface area contributed by atoms with E-state index in [1.165, 1.54) is 36.5 Å².